The van der Waals surface area contributed by atoms with Gasteiger partial charge in [0.15, 0.2) is 12.0 Å². The minimum Gasteiger partial charge on any atom is -0.497 e. The van der Waals surface area contributed by atoms with Gasteiger partial charge in [0.2, 0.25) is 16.3 Å². The number of hydrogen-bond acceptors (Lipinski definition) is 9. The quantitative estimate of drug-likeness (QED) is 0.189. The zero-order valence-corrected chi connectivity index (χ0v) is 27.9. The van der Waals surface area contributed by atoms with Gasteiger partial charge in [-0.15, -0.1) is 0 Å². The maximum Gasteiger partial charge on any atom is 0.288 e. The van der Waals surface area contributed by atoms with Crippen molar-refractivity contribution in [3.63, 3.8) is 0 Å². The largest absolute Gasteiger partial charge is 0.497 e. The molecule has 11 nitrogen and oxygen atoms in total. The molecule has 2 atom stereocenters. The molecule has 0 fully saturated rings. The molecule has 1 aliphatic heterocycles. The average molecular weight is 667 g/mol. The van der Waals surface area contributed by atoms with Crippen molar-refractivity contribution in [3.05, 3.63) is 95.3 Å². The van der Waals surface area contributed by atoms with Gasteiger partial charge in [0.1, 0.15) is 5.75 Å². The number of sulfonamides is 1. The van der Waals surface area contributed by atoms with Crippen LogP contribution in [0.4, 0.5) is 0 Å². The monoisotopic (exact) mass is 666 g/mol. The Morgan fingerprint density at radius 2 is 1.70 bits per heavy atom. The van der Waals surface area contributed by atoms with E-state index in [0.29, 0.717) is 12.2 Å². The summed E-state index contributed by atoms with van der Waals surface area (Å²) in [5, 5.41) is 9.67. The van der Waals surface area contributed by atoms with Gasteiger partial charge in [0.25, 0.3) is 5.91 Å². The first-order valence-corrected chi connectivity index (χ1v) is 16.9. The number of aliphatic hydroxyl groups is 1. The van der Waals surface area contributed by atoms with Crippen molar-refractivity contribution in [2.75, 3.05) is 61.2 Å². The Morgan fingerprint density at radius 3 is 2.40 bits per heavy atom. The van der Waals surface area contributed by atoms with E-state index in [0.717, 1.165) is 12.0 Å². The van der Waals surface area contributed by atoms with E-state index < -0.39 is 22.6 Å². The van der Waals surface area contributed by atoms with Gasteiger partial charge in [-0.1, -0.05) is 42.5 Å². The lowest BCUT2D eigenvalue weighted by molar-refractivity contribution is -0.158. The molecule has 3 aromatic carbocycles. The number of carbonyl (C=O) groups excluding carboxylic acids is 1. The van der Waals surface area contributed by atoms with E-state index >= 15 is 0 Å². The number of ether oxygens (including phenoxy) is 5. The van der Waals surface area contributed by atoms with Gasteiger partial charge in [0.05, 0.1) is 31.8 Å². The first-order chi connectivity index (χ1) is 22.7. The molecule has 12 heteroatoms. The maximum atomic E-state index is 13.6. The number of hydrogen-bond donors (Lipinski definition) is 1. The summed E-state index contributed by atoms with van der Waals surface area (Å²) in [7, 11) is 2.23. The van der Waals surface area contributed by atoms with Crippen molar-refractivity contribution in [1.29, 1.82) is 0 Å². The van der Waals surface area contributed by atoms with Gasteiger partial charge in [-0.2, -0.15) is 4.31 Å². The van der Waals surface area contributed by atoms with Crippen LogP contribution >= 0.6 is 0 Å². The number of carbonyl (C=O) groups is 1. The molecule has 2 unspecified atom stereocenters. The first-order valence-electron chi connectivity index (χ1n) is 15.5. The molecule has 5 rings (SSSR count). The number of amides is 1. The summed E-state index contributed by atoms with van der Waals surface area (Å²) in [5.41, 5.74) is 5.92. The van der Waals surface area contributed by atoms with Crippen LogP contribution in [0.25, 0.3) is 11.1 Å². The van der Waals surface area contributed by atoms with E-state index in [9.17, 15) is 18.3 Å². The molecular weight excluding hydrogens is 624 g/mol. The third-order valence-corrected chi connectivity index (χ3v) is 10.5. The molecule has 0 aromatic heterocycles. The van der Waals surface area contributed by atoms with Crippen LogP contribution in [-0.2, 0) is 40.2 Å². The summed E-state index contributed by atoms with van der Waals surface area (Å²) >= 11 is 0. The van der Waals surface area contributed by atoms with E-state index in [1.165, 1.54) is 64.9 Å². The number of methoxy groups -OCH3 is 3. The minimum absolute atomic E-state index is 0.0299. The molecule has 0 bridgehead atoms. The van der Waals surface area contributed by atoms with Gasteiger partial charge in [-0.25, -0.2) is 8.42 Å². The molecule has 0 saturated carbocycles. The molecule has 0 radical (unpaired) electrons. The summed E-state index contributed by atoms with van der Waals surface area (Å²) < 4.78 is 56.0. The molecule has 0 spiro atoms. The van der Waals surface area contributed by atoms with Crippen LogP contribution < -0.4 is 4.74 Å². The second-order valence-corrected chi connectivity index (χ2v) is 13.3. The molecule has 1 amide bonds. The van der Waals surface area contributed by atoms with Crippen LogP contribution in [0.1, 0.15) is 29.0 Å². The highest BCUT2D eigenvalue weighted by Gasteiger charge is 2.34. The van der Waals surface area contributed by atoms with Crippen LogP contribution in [-0.4, -0.2) is 102 Å². The van der Waals surface area contributed by atoms with Crippen LogP contribution in [0.2, 0.25) is 0 Å². The third-order valence-electron chi connectivity index (χ3n) is 8.54. The van der Waals surface area contributed by atoms with Crippen molar-refractivity contribution in [1.82, 2.24) is 9.21 Å². The summed E-state index contributed by atoms with van der Waals surface area (Å²) in [6.07, 6.45) is 1.59. The van der Waals surface area contributed by atoms with Gasteiger partial charge in [-0.05, 0) is 64.6 Å². The number of likely N-dealkylation sites (N-methyl/N-ethyl adjacent to an activating group) is 1. The molecular formula is C35H42N2O9S. The molecule has 3 aromatic rings. The van der Waals surface area contributed by atoms with Gasteiger partial charge < -0.3 is 33.7 Å². The fraction of sp³-hybridized carbons (Fsp3) is 0.400. The predicted molar refractivity (Wildman–Crippen MR) is 175 cm³/mol. The zero-order chi connectivity index (χ0) is 33.6. The van der Waals surface area contributed by atoms with Crippen molar-refractivity contribution in [2.45, 2.75) is 36.2 Å². The Bertz CT molecular complexity index is 1670. The highest BCUT2D eigenvalue weighted by atomic mass is 32.2. The summed E-state index contributed by atoms with van der Waals surface area (Å²) in [5.74, 6) is 0.0951. The molecule has 1 N–H and O–H groups in total. The molecule has 0 saturated heterocycles. The van der Waals surface area contributed by atoms with Gasteiger partial charge in [-0.3, -0.25) is 4.79 Å². The number of benzene rings is 3. The second-order valence-electron chi connectivity index (χ2n) is 11.4. The lowest BCUT2D eigenvalue weighted by Crippen LogP contribution is -2.40. The molecule has 2 aliphatic rings. The third kappa shape index (κ3) is 7.69. The first kappa shape index (κ1) is 34.6. The van der Waals surface area contributed by atoms with Crippen molar-refractivity contribution in [2.24, 2.45) is 0 Å². The Balaban J connectivity index is 1.37. The second kappa shape index (κ2) is 15.4. The number of fused-ring (bicyclic) bond motifs is 3. The van der Waals surface area contributed by atoms with Crippen LogP contribution in [0, 0.1) is 0 Å². The summed E-state index contributed by atoms with van der Waals surface area (Å²) in [6.45, 7) is -0.366. The highest BCUT2D eigenvalue weighted by molar-refractivity contribution is 7.89. The topological polar surface area (TPSA) is 124 Å². The van der Waals surface area contributed by atoms with E-state index in [1.54, 1.807) is 19.2 Å². The predicted octanol–water partition coefficient (Wildman–Crippen LogP) is 3.76. The van der Waals surface area contributed by atoms with Crippen molar-refractivity contribution in [3.8, 4) is 16.9 Å². The minimum atomic E-state index is -3.93. The van der Waals surface area contributed by atoms with Crippen molar-refractivity contribution < 1.29 is 42.0 Å². The van der Waals surface area contributed by atoms with Gasteiger partial charge in [0, 0.05) is 46.7 Å². The normalized spacial score (nSPS) is 17.2. The number of allylic oxidation sites excluding steroid dienone is 1. The Kier molecular flexibility index (Phi) is 11.3. The fourth-order valence-corrected chi connectivity index (χ4v) is 7.46. The average Bonchev–Trinajstić information content (AvgIpc) is 3.48. The Morgan fingerprint density at radius 1 is 0.979 bits per heavy atom. The molecule has 1 aliphatic carbocycles. The molecule has 252 valence electrons. The fourth-order valence-electron chi connectivity index (χ4n) is 6.04. The van der Waals surface area contributed by atoms with Crippen LogP contribution in [0.5, 0.6) is 5.75 Å². The number of rotatable bonds is 15. The van der Waals surface area contributed by atoms with Crippen LogP contribution in [0.15, 0.2) is 83.5 Å². The standard InChI is InChI=1S/C35H42N2O9S/c1-36(23-34(43-3)44-4)35(39)32-21-25(29-10-7-11-30-28-9-6-5-8-24(28)20-31(29)30)22-33(46-32)45-19-17-37(16-18-38)47(40,41)27-14-12-26(42-2)13-15-27/h5-15,21,25,33-34,38H,16-20,22-23H2,1-4H3. The zero-order valence-electron chi connectivity index (χ0n) is 27.1. The van der Waals surface area contributed by atoms with E-state index in [2.05, 4.69) is 24.3 Å². The van der Waals surface area contributed by atoms with E-state index in [1.807, 2.05) is 24.3 Å². The SMILES string of the molecule is COc1ccc(S(=O)(=O)N(CCO)CCOC2CC(c3cccc4c3Cc3ccccc3-4)C=C(C(=O)N(C)CC(OC)OC)O2)cc1. The van der Waals surface area contributed by atoms with E-state index in [-0.39, 0.29) is 55.3 Å². The highest BCUT2D eigenvalue weighted by Crippen LogP contribution is 2.43. The van der Waals surface area contributed by atoms with Gasteiger partial charge >= 0.3 is 0 Å². The number of aliphatic hydroxyl groups excluding tert-OH is 1. The lowest BCUT2D eigenvalue weighted by Gasteiger charge is -2.32. The van der Waals surface area contributed by atoms with Crippen molar-refractivity contribution >= 4 is 15.9 Å². The van der Waals surface area contributed by atoms with E-state index in [4.69, 9.17) is 23.7 Å². The lowest BCUT2D eigenvalue weighted by atomic mass is 9.87. The molecule has 47 heavy (non-hydrogen) atoms. The number of nitrogens with zero attached hydrogens (tertiary/aromatic N) is 2. The smallest absolute Gasteiger partial charge is 0.288 e. The summed E-state index contributed by atoms with van der Waals surface area (Å²) in [4.78, 5) is 15.2. The van der Waals surface area contributed by atoms with Crippen LogP contribution in [0.3, 0.4) is 0 Å². The Labute approximate surface area is 276 Å². The molecule has 1 heterocycles. The summed E-state index contributed by atoms with van der Waals surface area (Å²) in [6, 6.07) is 20.6. The maximum absolute atomic E-state index is 13.6. The Hall–Kier alpha value is -3.78.